The molecule has 20 heavy (non-hydrogen) atoms. The predicted molar refractivity (Wildman–Crippen MR) is 84.1 cm³/mol. The van der Waals surface area contributed by atoms with Gasteiger partial charge in [-0.3, -0.25) is 9.59 Å². The summed E-state index contributed by atoms with van der Waals surface area (Å²) in [7, 11) is 1.62. The molecule has 1 fully saturated rings. The van der Waals surface area contributed by atoms with Crippen LogP contribution in [0.15, 0.2) is 27.6 Å². The molecule has 0 saturated carbocycles. The summed E-state index contributed by atoms with van der Waals surface area (Å²) in [6, 6.07) is 5.37. The number of nitrogens with one attached hydrogen (secondary N) is 1. The Balaban J connectivity index is 2.20. The Morgan fingerprint density at radius 2 is 2.15 bits per heavy atom. The zero-order chi connectivity index (χ0) is 14.9. The lowest BCUT2D eigenvalue weighted by molar-refractivity contribution is -0.128. The molecule has 1 aromatic carbocycles. The first kappa shape index (κ1) is 15.4. The van der Waals surface area contributed by atoms with Gasteiger partial charge in [0.25, 0.3) is 5.91 Å². The van der Waals surface area contributed by atoms with Gasteiger partial charge in [0.1, 0.15) is 0 Å². The fourth-order valence-corrected chi connectivity index (χ4v) is 3.09. The fourth-order valence-electron chi connectivity index (χ4n) is 2.47. The number of carbonyl (C=O) groups is 2. The van der Waals surface area contributed by atoms with Gasteiger partial charge in [-0.25, -0.2) is 0 Å². The van der Waals surface area contributed by atoms with E-state index in [0.717, 1.165) is 9.37 Å². The van der Waals surface area contributed by atoms with Crippen LogP contribution in [0.2, 0.25) is 0 Å². The molecule has 0 aromatic heterocycles. The highest BCUT2D eigenvalue weighted by Crippen LogP contribution is 2.32. The molecule has 6 heteroatoms. The number of thiol groups is 1. The van der Waals surface area contributed by atoms with E-state index in [2.05, 4.69) is 33.9 Å². The minimum absolute atomic E-state index is 0.0187. The van der Waals surface area contributed by atoms with Crippen LogP contribution < -0.4 is 5.32 Å². The van der Waals surface area contributed by atoms with Crippen LogP contribution in [0.5, 0.6) is 0 Å². The van der Waals surface area contributed by atoms with Crippen molar-refractivity contribution in [3.63, 3.8) is 0 Å². The van der Waals surface area contributed by atoms with Crippen LogP contribution in [0.25, 0.3) is 0 Å². The van der Waals surface area contributed by atoms with Gasteiger partial charge in [-0.05, 0) is 47.5 Å². The average Bonchev–Trinajstić information content (AvgIpc) is 2.83. The molecular weight excluding hydrogens is 340 g/mol. The van der Waals surface area contributed by atoms with Crippen molar-refractivity contribution in [1.29, 1.82) is 0 Å². The second kappa shape index (κ2) is 5.77. The zero-order valence-electron chi connectivity index (χ0n) is 11.4. The molecule has 1 N–H and O–H groups in total. The van der Waals surface area contributed by atoms with Gasteiger partial charge < -0.3 is 10.2 Å². The first-order valence-corrected chi connectivity index (χ1v) is 7.61. The summed E-state index contributed by atoms with van der Waals surface area (Å²) in [6.45, 7) is 2.92. The van der Waals surface area contributed by atoms with Gasteiger partial charge in [0.2, 0.25) is 5.91 Å². The van der Waals surface area contributed by atoms with Crippen LogP contribution in [0.4, 0.5) is 0 Å². The van der Waals surface area contributed by atoms with E-state index in [9.17, 15) is 9.59 Å². The second-order valence-corrected chi connectivity index (χ2v) is 6.65. The average molecular weight is 357 g/mol. The standard InChI is InChI=1S/C14H17BrN2O2S/c1-14(13(19)16-2)5-6-17(8-14)12(18)10-7-9(20)3-4-11(10)15/h3-4,7,20H,5-6,8H2,1-2H3,(H,16,19). The molecule has 1 aromatic rings. The minimum atomic E-state index is -0.505. The predicted octanol–water partition coefficient (Wildman–Crippen LogP) is 2.34. The molecule has 4 nitrogen and oxygen atoms in total. The van der Waals surface area contributed by atoms with Crippen molar-refractivity contribution in [2.24, 2.45) is 5.41 Å². The van der Waals surface area contributed by atoms with E-state index in [0.29, 0.717) is 25.1 Å². The first-order valence-electron chi connectivity index (χ1n) is 6.37. The molecule has 2 amide bonds. The van der Waals surface area contributed by atoms with Gasteiger partial charge in [0.05, 0.1) is 11.0 Å². The Hall–Kier alpha value is -1.01. The van der Waals surface area contributed by atoms with E-state index in [4.69, 9.17) is 0 Å². The van der Waals surface area contributed by atoms with Crippen LogP contribution in [-0.2, 0) is 4.79 Å². The summed E-state index contributed by atoms with van der Waals surface area (Å²) < 4.78 is 0.744. The van der Waals surface area contributed by atoms with E-state index < -0.39 is 5.41 Å². The third-order valence-electron chi connectivity index (χ3n) is 3.72. The number of hydrogen-bond acceptors (Lipinski definition) is 3. The summed E-state index contributed by atoms with van der Waals surface area (Å²) in [5.41, 5.74) is 0.0776. The summed E-state index contributed by atoms with van der Waals surface area (Å²) in [5.74, 6) is -0.0878. The van der Waals surface area contributed by atoms with E-state index in [1.165, 1.54) is 0 Å². The van der Waals surface area contributed by atoms with Crippen molar-refractivity contribution in [1.82, 2.24) is 10.2 Å². The number of amides is 2. The van der Waals surface area contributed by atoms with Crippen molar-refractivity contribution >= 4 is 40.4 Å². The summed E-state index contributed by atoms with van der Waals surface area (Å²) >= 11 is 7.65. The van der Waals surface area contributed by atoms with E-state index in [1.54, 1.807) is 18.0 Å². The van der Waals surface area contributed by atoms with Crippen molar-refractivity contribution in [3.05, 3.63) is 28.2 Å². The van der Waals surface area contributed by atoms with Crippen LogP contribution >= 0.6 is 28.6 Å². The summed E-state index contributed by atoms with van der Waals surface area (Å²) in [5, 5.41) is 2.67. The van der Waals surface area contributed by atoms with E-state index in [1.807, 2.05) is 19.1 Å². The molecule has 1 aliphatic heterocycles. The molecule has 1 heterocycles. The van der Waals surface area contributed by atoms with Crippen LogP contribution in [0.1, 0.15) is 23.7 Å². The molecule has 1 unspecified atom stereocenters. The number of rotatable bonds is 2. The van der Waals surface area contributed by atoms with E-state index >= 15 is 0 Å². The first-order chi connectivity index (χ1) is 9.37. The van der Waals surface area contributed by atoms with Crippen LogP contribution in [-0.4, -0.2) is 36.9 Å². The lowest BCUT2D eigenvalue weighted by Gasteiger charge is -2.23. The highest BCUT2D eigenvalue weighted by molar-refractivity contribution is 9.10. The monoisotopic (exact) mass is 356 g/mol. The molecule has 1 saturated heterocycles. The third kappa shape index (κ3) is 2.86. The van der Waals surface area contributed by atoms with Gasteiger partial charge in [0.15, 0.2) is 0 Å². The van der Waals surface area contributed by atoms with Crippen molar-refractivity contribution in [2.45, 2.75) is 18.2 Å². The maximum absolute atomic E-state index is 12.5. The van der Waals surface area contributed by atoms with Crippen LogP contribution in [0, 0.1) is 5.41 Å². The molecule has 1 atom stereocenters. The molecule has 108 valence electrons. The number of nitrogens with zero attached hydrogens (tertiary/aromatic N) is 1. The molecule has 0 bridgehead atoms. The normalized spacial score (nSPS) is 21.9. The Kier molecular flexibility index (Phi) is 4.44. The summed E-state index contributed by atoms with van der Waals surface area (Å²) in [6.07, 6.45) is 0.677. The Labute approximate surface area is 132 Å². The minimum Gasteiger partial charge on any atom is -0.359 e. The van der Waals surface area contributed by atoms with Gasteiger partial charge in [-0.15, -0.1) is 12.6 Å². The topological polar surface area (TPSA) is 49.4 Å². The number of benzene rings is 1. The lowest BCUT2D eigenvalue weighted by atomic mass is 9.89. The van der Waals surface area contributed by atoms with Crippen molar-refractivity contribution < 1.29 is 9.59 Å². The maximum Gasteiger partial charge on any atom is 0.255 e. The van der Waals surface area contributed by atoms with Crippen LogP contribution in [0.3, 0.4) is 0 Å². The number of halogens is 1. The van der Waals surface area contributed by atoms with Gasteiger partial charge in [-0.1, -0.05) is 0 Å². The van der Waals surface area contributed by atoms with Crippen molar-refractivity contribution in [2.75, 3.05) is 20.1 Å². The van der Waals surface area contributed by atoms with Gasteiger partial charge in [0, 0.05) is 29.5 Å². The third-order valence-corrected chi connectivity index (χ3v) is 4.69. The van der Waals surface area contributed by atoms with Gasteiger partial charge in [-0.2, -0.15) is 0 Å². The zero-order valence-corrected chi connectivity index (χ0v) is 13.9. The lowest BCUT2D eigenvalue weighted by Crippen LogP contribution is -2.40. The Bertz CT molecular complexity index is 564. The summed E-state index contributed by atoms with van der Waals surface area (Å²) in [4.78, 5) is 26.9. The number of hydrogen-bond donors (Lipinski definition) is 2. The Morgan fingerprint density at radius 1 is 1.45 bits per heavy atom. The SMILES string of the molecule is CNC(=O)C1(C)CCN(C(=O)c2cc(S)ccc2Br)C1. The molecular formula is C14H17BrN2O2S. The van der Waals surface area contributed by atoms with Gasteiger partial charge >= 0.3 is 0 Å². The van der Waals surface area contributed by atoms with E-state index in [-0.39, 0.29) is 11.8 Å². The Morgan fingerprint density at radius 3 is 2.80 bits per heavy atom. The largest absolute Gasteiger partial charge is 0.359 e. The molecule has 0 spiro atoms. The maximum atomic E-state index is 12.5. The molecule has 0 radical (unpaired) electrons. The second-order valence-electron chi connectivity index (χ2n) is 5.28. The number of likely N-dealkylation sites (tertiary alicyclic amines) is 1. The fraction of sp³-hybridized carbons (Fsp3) is 0.429. The highest BCUT2D eigenvalue weighted by atomic mass is 79.9. The highest BCUT2D eigenvalue weighted by Gasteiger charge is 2.41. The van der Waals surface area contributed by atoms with Crippen molar-refractivity contribution in [3.8, 4) is 0 Å². The molecule has 2 rings (SSSR count). The molecule has 1 aliphatic rings. The quantitative estimate of drug-likeness (QED) is 0.799. The smallest absolute Gasteiger partial charge is 0.255 e. The number of carbonyl (C=O) groups excluding carboxylic acids is 2. The molecule has 0 aliphatic carbocycles.